The summed E-state index contributed by atoms with van der Waals surface area (Å²) in [5, 5.41) is 12.0. The molecule has 1 aliphatic rings. The van der Waals surface area contributed by atoms with E-state index >= 15 is 0 Å². The minimum atomic E-state index is -1.02. The van der Waals surface area contributed by atoms with E-state index < -0.39 is 23.2 Å². The van der Waals surface area contributed by atoms with Crippen LogP contribution in [0.1, 0.15) is 15.9 Å². The van der Waals surface area contributed by atoms with E-state index in [1.807, 2.05) is 0 Å². The number of aliphatic hydroxyl groups excluding tert-OH is 1. The number of amides is 2. The van der Waals surface area contributed by atoms with Gasteiger partial charge in [0.2, 0.25) is 0 Å². The molecule has 1 saturated heterocycles. The van der Waals surface area contributed by atoms with Crippen LogP contribution in [-0.2, 0) is 9.53 Å². The third-order valence-electron chi connectivity index (χ3n) is 3.63. The quantitative estimate of drug-likeness (QED) is 0.388. The molecule has 2 heterocycles. The summed E-state index contributed by atoms with van der Waals surface area (Å²) < 4.78 is 10.5. The van der Waals surface area contributed by atoms with Crippen LogP contribution in [0.4, 0.5) is 4.79 Å². The van der Waals surface area contributed by atoms with E-state index in [1.54, 1.807) is 30.3 Å². The molecular weight excluding hydrogens is 420 g/mol. The molecule has 1 unspecified atom stereocenters. The molecule has 2 N–H and O–H groups in total. The summed E-state index contributed by atoms with van der Waals surface area (Å²) in [7, 11) is 0. The first kappa shape index (κ1) is 20.8. The lowest BCUT2D eigenvalue weighted by atomic mass is 10.2. The minimum Gasteiger partial charge on any atom is -0.491 e. The van der Waals surface area contributed by atoms with E-state index in [2.05, 4.69) is 10.3 Å². The van der Waals surface area contributed by atoms with Crippen molar-refractivity contribution in [1.82, 2.24) is 10.3 Å². The molecule has 10 heteroatoms. The highest BCUT2D eigenvalue weighted by Gasteiger charge is 2.24. The fraction of sp³-hybridized carbons (Fsp3) is 0.158. The topological polar surface area (TPSA) is 115 Å². The Morgan fingerprint density at radius 3 is 2.59 bits per heavy atom. The lowest BCUT2D eigenvalue weighted by Gasteiger charge is -2.13. The number of nitrogens with one attached hydrogen (secondary N) is 1. The van der Waals surface area contributed by atoms with Crippen LogP contribution in [0.3, 0.4) is 0 Å². The van der Waals surface area contributed by atoms with Gasteiger partial charge in [-0.05, 0) is 47.7 Å². The molecule has 0 saturated carbocycles. The second-order valence-corrected chi connectivity index (χ2v) is 7.26. The predicted molar refractivity (Wildman–Crippen MR) is 107 cm³/mol. The van der Waals surface area contributed by atoms with Gasteiger partial charge in [0.1, 0.15) is 30.2 Å². The summed E-state index contributed by atoms with van der Waals surface area (Å²) in [6, 6.07) is 9.67. The smallest absolute Gasteiger partial charge is 0.339 e. The Kier molecular flexibility index (Phi) is 6.86. The Morgan fingerprint density at radius 2 is 1.97 bits per heavy atom. The zero-order valence-electron chi connectivity index (χ0n) is 14.8. The monoisotopic (exact) mass is 434 g/mol. The normalized spacial score (nSPS) is 15.9. The molecule has 0 bridgehead atoms. The van der Waals surface area contributed by atoms with Gasteiger partial charge in [0.25, 0.3) is 11.1 Å². The van der Waals surface area contributed by atoms with E-state index in [0.717, 1.165) is 17.3 Å². The van der Waals surface area contributed by atoms with Crippen molar-refractivity contribution in [2.75, 3.05) is 13.2 Å². The first-order chi connectivity index (χ1) is 13.9. The van der Waals surface area contributed by atoms with Crippen molar-refractivity contribution in [2.45, 2.75) is 6.10 Å². The summed E-state index contributed by atoms with van der Waals surface area (Å²) in [5.74, 6) is -0.565. The summed E-state index contributed by atoms with van der Waals surface area (Å²) in [6.07, 6.45) is 1.86. The number of carbonyl (C=O) groups is 3. The van der Waals surface area contributed by atoms with Crippen LogP contribution in [0.25, 0.3) is 6.08 Å². The molecule has 8 nitrogen and oxygen atoms in total. The number of benzene rings is 1. The Morgan fingerprint density at radius 1 is 1.21 bits per heavy atom. The maximum atomic E-state index is 11.8. The molecule has 150 valence electrons. The van der Waals surface area contributed by atoms with Crippen molar-refractivity contribution in [3.05, 3.63) is 63.8 Å². The standard InChI is InChI=1S/C19H15ClN2O6S/c20-16-6-3-12(8-21-16)18(25)28-10-13(23)9-27-14-4-1-11(2-5-14)7-15-17(24)22-19(26)29-15/h1-8,13,23H,9-10H2,(H,22,24,26)/b15-7-. The molecule has 0 aliphatic carbocycles. The number of carbonyl (C=O) groups excluding carboxylic acids is 3. The van der Waals surface area contributed by atoms with Gasteiger partial charge in [0.05, 0.1) is 10.5 Å². The molecule has 2 amide bonds. The van der Waals surface area contributed by atoms with Crippen molar-refractivity contribution in [2.24, 2.45) is 0 Å². The maximum Gasteiger partial charge on any atom is 0.339 e. The Labute approximate surface area is 174 Å². The van der Waals surface area contributed by atoms with Crippen molar-refractivity contribution in [1.29, 1.82) is 0 Å². The number of aliphatic hydroxyl groups is 1. The van der Waals surface area contributed by atoms with Gasteiger partial charge in [-0.15, -0.1) is 0 Å². The van der Waals surface area contributed by atoms with Crippen molar-refractivity contribution >= 4 is 46.6 Å². The molecule has 0 spiro atoms. The summed E-state index contributed by atoms with van der Waals surface area (Å²) >= 11 is 6.49. The first-order valence-electron chi connectivity index (χ1n) is 8.35. The summed E-state index contributed by atoms with van der Waals surface area (Å²) in [4.78, 5) is 38.6. The molecule has 1 atom stereocenters. The third-order valence-corrected chi connectivity index (χ3v) is 4.67. The van der Waals surface area contributed by atoms with E-state index in [4.69, 9.17) is 21.1 Å². The highest BCUT2D eigenvalue weighted by molar-refractivity contribution is 8.18. The van der Waals surface area contributed by atoms with Gasteiger partial charge in [-0.3, -0.25) is 14.9 Å². The van der Waals surface area contributed by atoms with Crippen molar-refractivity contribution in [3.8, 4) is 5.75 Å². The van der Waals surface area contributed by atoms with E-state index in [9.17, 15) is 19.5 Å². The molecule has 3 rings (SSSR count). The first-order valence-corrected chi connectivity index (χ1v) is 9.54. The van der Waals surface area contributed by atoms with E-state index in [-0.39, 0.29) is 23.9 Å². The molecule has 1 aromatic carbocycles. The van der Waals surface area contributed by atoms with Crippen LogP contribution in [-0.4, -0.2) is 46.5 Å². The number of hydrogen-bond acceptors (Lipinski definition) is 8. The predicted octanol–water partition coefficient (Wildman–Crippen LogP) is 2.66. The Balaban J connectivity index is 1.45. The SMILES string of the molecule is O=C1NC(=O)/C(=C/c2ccc(OCC(O)COC(=O)c3ccc(Cl)nc3)cc2)S1. The number of hydrogen-bond donors (Lipinski definition) is 2. The second kappa shape index (κ2) is 9.55. The molecule has 2 aromatic rings. The molecular formula is C19H15ClN2O6S. The lowest BCUT2D eigenvalue weighted by molar-refractivity contribution is -0.115. The molecule has 1 fully saturated rings. The van der Waals surface area contributed by atoms with Gasteiger partial charge in [-0.1, -0.05) is 23.7 Å². The molecule has 29 heavy (non-hydrogen) atoms. The minimum absolute atomic E-state index is 0.0840. The number of nitrogens with zero attached hydrogens (tertiary/aromatic N) is 1. The fourth-order valence-electron chi connectivity index (χ4n) is 2.23. The van der Waals surface area contributed by atoms with Crippen molar-refractivity contribution < 1.29 is 29.0 Å². The van der Waals surface area contributed by atoms with Gasteiger partial charge >= 0.3 is 5.97 Å². The largest absolute Gasteiger partial charge is 0.491 e. The number of halogens is 1. The van der Waals surface area contributed by atoms with Crippen LogP contribution in [0, 0.1) is 0 Å². The van der Waals surface area contributed by atoms with Crippen LogP contribution in [0.2, 0.25) is 5.15 Å². The van der Waals surface area contributed by atoms with Gasteiger partial charge in [0.15, 0.2) is 0 Å². The van der Waals surface area contributed by atoms with Crippen LogP contribution < -0.4 is 10.1 Å². The number of thioether (sulfide) groups is 1. The highest BCUT2D eigenvalue weighted by atomic mass is 35.5. The molecule has 0 radical (unpaired) electrons. The Bertz CT molecular complexity index is 946. The van der Waals surface area contributed by atoms with Crippen LogP contribution in [0.15, 0.2) is 47.5 Å². The summed E-state index contributed by atoms with van der Waals surface area (Å²) in [5.41, 5.74) is 0.943. The second-order valence-electron chi connectivity index (χ2n) is 5.85. The number of esters is 1. The van der Waals surface area contributed by atoms with Gasteiger partial charge in [-0.2, -0.15) is 0 Å². The van der Waals surface area contributed by atoms with Gasteiger partial charge in [-0.25, -0.2) is 9.78 Å². The molecule has 1 aromatic heterocycles. The van der Waals surface area contributed by atoms with Crippen LogP contribution >= 0.6 is 23.4 Å². The average Bonchev–Trinajstić information content (AvgIpc) is 3.02. The third kappa shape index (κ3) is 6.05. The van der Waals surface area contributed by atoms with E-state index in [1.165, 1.54) is 18.3 Å². The zero-order chi connectivity index (χ0) is 20.8. The zero-order valence-corrected chi connectivity index (χ0v) is 16.4. The fourth-order valence-corrected chi connectivity index (χ4v) is 3.02. The molecule has 1 aliphatic heterocycles. The highest BCUT2D eigenvalue weighted by Crippen LogP contribution is 2.26. The van der Waals surface area contributed by atoms with Crippen LogP contribution in [0.5, 0.6) is 5.75 Å². The number of pyridine rings is 1. The van der Waals surface area contributed by atoms with Gasteiger partial charge in [0, 0.05) is 6.20 Å². The van der Waals surface area contributed by atoms with E-state index in [0.29, 0.717) is 10.7 Å². The summed E-state index contributed by atoms with van der Waals surface area (Å²) in [6.45, 7) is -0.328. The lowest BCUT2D eigenvalue weighted by Crippen LogP contribution is -2.25. The van der Waals surface area contributed by atoms with Crippen molar-refractivity contribution in [3.63, 3.8) is 0 Å². The number of ether oxygens (including phenoxy) is 2. The van der Waals surface area contributed by atoms with Gasteiger partial charge < -0.3 is 14.6 Å². The average molecular weight is 435 g/mol. The maximum absolute atomic E-state index is 11.8. The number of aromatic nitrogens is 1. The Hall–Kier alpha value is -2.88. The number of imide groups is 1. The number of rotatable bonds is 7.